The molecule has 20 heavy (non-hydrogen) atoms. The lowest BCUT2D eigenvalue weighted by atomic mass is 9.96. The van der Waals surface area contributed by atoms with Crippen molar-refractivity contribution in [2.45, 2.75) is 12.5 Å². The maximum absolute atomic E-state index is 11.1. The predicted octanol–water partition coefficient (Wildman–Crippen LogP) is 3.65. The van der Waals surface area contributed by atoms with Crippen LogP contribution in [0.15, 0.2) is 54.6 Å². The van der Waals surface area contributed by atoms with Gasteiger partial charge in [-0.05, 0) is 42.4 Å². The van der Waals surface area contributed by atoms with E-state index in [2.05, 4.69) is 43.3 Å². The Morgan fingerprint density at radius 1 is 1.05 bits per heavy atom. The van der Waals surface area contributed by atoms with Gasteiger partial charge in [-0.2, -0.15) is 0 Å². The topological polar surface area (TPSA) is 20.3 Å². The highest BCUT2D eigenvalue weighted by Crippen LogP contribution is 2.27. The van der Waals surface area contributed by atoms with Crippen molar-refractivity contribution in [1.29, 1.82) is 0 Å². The van der Waals surface area contributed by atoms with E-state index in [1.165, 1.54) is 5.56 Å². The number of halogens is 1. The maximum atomic E-state index is 11.1. The van der Waals surface area contributed by atoms with Gasteiger partial charge in [-0.15, -0.1) is 0 Å². The summed E-state index contributed by atoms with van der Waals surface area (Å²) in [5.74, 6) is 0. The Morgan fingerprint density at radius 3 is 2.30 bits per heavy atom. The first-order valence-corrected chi connectivity index (χ1v) is 6.94. The fraction of sp³-hybridized carbons (Fsp3) is 0.235. The van der Waals surface area contributed by atoms with Crippen molar-refractivity contribution >= 4 is 16.8 Å². The molecular formula is C17H18ClNO. The predicted molar refractivity (Wildman–Crippen MR) is 83.0 cm³/mol. The van der Waals surface area contributed by atoms with Gasteiger partial charge in [0.1, 0.15) is 0 Å². The van der Waals surface area contributed by atoms with Crippen molar-refractivity contribution in [2.75, 3.05) is 14.1 Å². The minimum atomic E-state index is -0.330. The van der Waals surface area contributed by atoms with E-state index in [1.54, 1.807) is 0 Å². The first kappa shape index (κ1) is 14.8. The van der Waals surface area contributed by atoms with Gasteiger partial charge >= 0.3 is 0 Å². The third-order valence-electron chi connectivity index (χ3n) is 3.24. The zero-order valence-corrected chi connectivity index (χ0v) is 12.5. The number of carbonyl (C=O) groups excluding carboxylic acids is 1. The molecule has 0 radical (unpaired) electrons. The van der Waals surface area contributed by atoms with E-state index in [9.17, 15) is 4.79 Å². The Hall–Kier alpha value is -1.64. The quantitative estimate of drug-likeness (QED) is 0.783. The van der Waals surface area contributed by atoms with Crippen molar-refractivity contribution < 1.29 is 4.79 Å². The summed E-state index contributed by atoms with van der Waals surface area (Å²) in [6, 6.07) is 18.5. The molecular weight excluding hydrogens is 270 g/mol. The van der Waals surface area contributed by atoms with E-state index < -0.39 is 0 Å². The van der Waals surface area contributed by atoms with E-state index in [-0.39, 0.29) is 17.7 Å². The van der Waals surface area contributed by atoms with E-state index in [4.69, 9.17) is 11.6 Å². The number of benzene rings is 2. The number of rotatable bonds is 5. The number of carbonyl (C=O) groups is 1. The summed E-state index contributed by atoms with van der Waals surface area (Å²) in [5, 5.41) is -0.330. The average molecular weight is 288 g/mol. The zero-order chi connectivity index (χ0) is 14.5. The van der Waals surface area contributed by atoms with Crippen molar-refractivity contribution in [1.82, 2.24) is 4.90 Å². The van der Waals surface area contributed by atoms with Crippen molar-refractivity contribution in [3.05, 3.63) is 71.3 Å². The Labute approximate surface area is 125 Å². The van der Waals surface area contributed by atoms with Crippen LogP contribution >= 0.6 is 11.6 Å². The fourth-order valence-corrected chi connectivity index (χ4v) is 2.61. The molecule has 0 fully saturated rings. The standard InChI is InChI=1S/C17H18ClNO/c1-19(2)17(14-8-4-3-5-9-14)15-10-6-7-13(11-15)12-16(18)20/h3-11,17H,12H2,1-2H3. The van der Waals surface area contributed by atoms with Crippen LogP contribution in [0.25, 0.3) is 0 Å². The van der Waals surface area contributed by atoms with Gasteiger partial charge in [0.25, 0.3) is 0 Å². The van der Waals surface area contributed by atoms with E-state index >= 15 is 0 Å². The van der Waals surface area contributed by atoms with Gasteiger partial charge in [0.05, 0.1) is 6.04 Å². The zero-order valence-electron chi connectivity index (χ0n) is 11.7. The Kier molecular flexibility index (Phi) is 4.94. The molecule has 0 saturated heterocycles. The van der Waals surface area contributed by atoms with Gasteiger partial charge in [0.2, 0.25) is 5.24 Å². The molecule has 1 atom stereocenters. The molecule has 2 rings (SSSR count). The van der Waals surface area contributed by atoms with Crippen LogP contribution in [-0.4, -0.2) is 24.2 Å². The highest BCUT2D eigenvalue weighted by atomic mass is 35.5. The molecule has 3 heteroatoms. The van der Waals surface area contributed by atoms with Crippen LogP contribution in [-0.2, 0) is 11.2 Å². The van der Waals surface area contributed by atoms with Crippen LogP contribution in [0.3, 0.4) is 0 Å². The highest BCUT2D eigenvalue weighted by molar-refractivity contribution is 6.63. The normalized spacial score (nSPS) is 12.4. The monoisotopic (exact) mass is 287 g/mol. The number of nitrogens with zero attached hydrogens (tertiary/aromatic N) is 1. The largest absolute Gasteiger partial charge is 0.299 e. The third kappa shape index (κ3) is 3.69. The first-order chi connectivity index (χ1) is 9.58. The molecule has 0 aromatic heterocycles. The summed E-state index contributed by atoms with van der Waals surface area (Å²) in [5.41, 5.74) is 3.34. The number of hydrogen-bond acceptors (Lipinski definition) is 2. The van der Waals surface area contributed by atoms with E-state index in [0.717, 1.165) is 11.1 Å². The molecule has 2 nitrogen and oxygen atoms in total. The van der Waals surface area contributed by atoms with Crippen LogP contribution in [0, 0.1) is 0 Å². The summed E-state index contributed by atoms with van der Waals surface area (Å²) in [6.45, 7) is 0. The molecule has 0 saturated carbocycles. The fourth-order valence-electron chi connectivity index (χ4n) is 2.46. The molecule has 0 spiro atoms. The summed E-state index contributed by atoms with van der Waals surface area (Å²) in [7, 11) is 4.11. The molecule has 2 aromatic rings. The molecule has 0 heterocycles. The van der Waals surface area contributed by atoms with Gasteiger partial charge < -0.3 is 0 Å². The summed E-state index contributed by atoms with van der Waals surface area (Å²) >= 11 is 5.47. The second kappa shape index (κ2) is 6.69. The number of hydrogen-bond donors (Lipinski definition) is 0. The van der Waals surface area contributed by atoms with Gasteiger partial charge in [-0.3, -0.25) is 9.69 Å². The third-order valence-corrected chi connectivity index (χ3v) is 3.38. The SMILES string of the molecule is CN(C)C(c1ccccc1)c1cccc(CC(=O)Cl)c1. The highest BCUT2D eigenvalue weighted by Gasteiger charge is 2.16. The van der Waals surface area contributed by atoms with Gasteiger partial charge in [-0.25, -0.2) is 0 Å². The summed E-state index contributed by atoms with van der Waals surface area (Å²) < 4.78 is 0. The van der Waals surface area contributed by atoms with Gasteiger partial charge in [0.15, 0.2) is 0 Å². The summed E-state index contributed by atoms with van der Waals surface area (Å²) in [4.78, 5) is 13.2. The lowest BCUT2D eigenvalue weighted by molar-refractivity contribution is -0.111. The van der Waals surface area contributed by atoms with Crippen molar-refractivity contribution in [3.8, 4) is 0 Å². The Bertz CT molecular complexity index is 581. The van der Waals surface area contributed by atoms with Crippen LogP contribution in [0.4, 0.5) is 0 Å². The molecule has 0 aliphatic rings. The molecule has 0 aliphatic carbocycles. The van der Waals surface area contributed by atoms with Crippen LogP contribution in [0.5, 0.6) is 0 Å². The smallest absolute Gasteiger partial charge is 0.226 e. The second-order valence-corrected chi connectivity index (χ2v) is 5.48. The second-order valence-electron chi connectivity index (χ2n) is 5.05. The van der Waals surface area contributed by atoms with Crippen molar-refractivity contribution in [2.24, 2.45) is 0 Å². The van der Waals surface area contributed by atoms with E-state index in [1.807, 2.05) is 30.3 Å². The van der Waals surface area contributed by atoms with E-state index in [0.29, 0.717) is 0 Å². The Balaban J connectivity index is 2.38. The minimum absolute atomic E-state index is 0.168. The molecule has 0 bridgehead atoms. The minimum Gasteiger partial charge on any atom is -0.299 e. The lowest BCUT2D eigenvalue weighted by Gasteiger charge is -2.25. The molecule has 104 valence electrons. The van der Waals surface area contributed by atoms with Gasteiger partial charge in [0, 0.05) is 6.42 Å². The first-order valence-electron chi connectivity index (χ1n) is 6.56. The average Bonchev–Trinajstić information content (AvgIpc) is 2.39. The van der Waals surface area contributed by atoms with Crippen LogP contribution in [0.2, 0.25) is 0 Å². The van der Waals surface area contributed by atoms with Gasteiger partial charge in [-0.1, -0.05) is 54.6 Å². The van der Waals surface area contributed by atoms with Crippen LogP contribution < -0.4 is 0 Å². The summed E-state index contributed by atoms with van der Waals surface area (Å²) in [6.07, 6.45) is 0.268. The van der Waals surface area contributed by atoms with Crippen LogP contribution in [0.1, 0.15) is 22.7 Å². The molecule has 1 unspecified atom stereocenters. The van der Waals surface area contributed by atoms with Crippen molar-refractivity contribution in [3.63, 3.8) is 0 Å². The maximum Gasteiger partial charge on any atom is 0.226 e. The Morgan fingerprint density at radius 2 is 1.70 bits per heavy atom. The molecule has 2 aromatic carbocycles. The molecule has 0 N–H and O–H groups in total. The molecule has 0 amide bonds. The molecule has 0 aliphatic heterocycles. The lowest BCUT2D eigenvalue weighted by Crippen LogP contribution is -2.21.